The van der Waals surface area contributed by atoms with Crippen LogP contribution < -0.4 is 5.56 Å². The molecule has 1 aromatic carbocycles. The van der Waals surface area contributed by atoms with E-state index in [9.17, 15) is 18.8 Å². The first kappa shape index (κ1) is 21.4. The van der Waals surface area contributed by atoms with Crippen molar-refractivity contribution in [2.75, 3.05) is 19.9 Å². The van der Waals surface area contributed by atoms with Crippen LogP contribution >= 0.6 is 11.8 Å². The number of carbonyl (C=O) groups is 2. The number of benzene rings is 1. The monoisotopic (exact) mass is 430 g/mol. The van der Waals surface area contributed by atoms with Crippen LogP contribution in [0.25, 0.3) is 11.0 Å². The number of pyridine rings is 1. The number of halogens is 1. The molecule has 2 aromatic heterocycles. The molecule has 0 aliphatic rings. The van der Waals surface area contributed by atoms with Gasteiger partial charge in [0.2, 0.25) is 5.91 Å². The van der Waals surface area contributed by atoms with Crippen molar-refractivity contribution in [1.29, 1.82) is 0 Å². The summed E-state index contributed by atoms with van der Waals surface area (Å²) in [6.07, 6.45) is 0. The zero-order chi connectivity index (χ0) is 21.8. The van der Waals surface area contributed by atoms with E-state index in [4.69, 9.17) is 4.74 Å². The Morgan fingerprint density at radius 2 is 2.00 bits per heavy atom. The van der Waals surface area contributed by atoms with Crippen LogP contribution in [0, 0.1) is 12.7 Å². The molecule has 2 heterocycles. The Labute approximate surface area is 175 Å². The Morgan fingerprint density at radius 3 is 2.70 bits per heavy atom. The molecule has 0 radical (unpaired) electrons. The van der Waals surface area contributed by atoms with Crippen LogP contribution in [0.5, 0.6) is 0 Å². The van der Waals surface area contributed by atoms with Gasteiger partial charge in [-0.3, -0.25) is 9.59 Å². The molecule has 0 aliphatic carbocycles. The summed E-state index contributed by atoms with van der Waals surface area (Å²) in [7, 11) is 2.79. The van der Waals surface area contributed by atoms with Crippen LogP contribution in [0.4, 0.5) is 4.39 Å². The Kier molecular flexibility index (Phi) is 6.46. The number of aromatic amines is 1. The minimum atomic E-state index is -0.664. The minimum absolute atomic E-state index is 0.0188. The lowest BCUT2D eigenvalue weighted by Gasteiger charge is -2.17. The molecule has 0 saturated heterocycles. The molecular weight excluding hydrogens is 411 g/mol. The maximum absolute atomic E-state index is 13.8. The number of carbonyl (C=O) groups excluding carboxylic acids is 2. The first-order valence-corrected chi connectivity index (χ1v) is 9.89. The third-order valence-electron chi connectivity index (χ3n) is 4.31. The Hall–Kier alpha value is -3.27. The molecule has 0 spiro atoms. The highest BCUT2D eigenvalue weighted by Gasteiger charge is 2.18. The molecule has 0 unspecified atom stereocenters. The SMILES string of the molecule is COC(=O)c1cc(C)nc2nc(SCC(=O)N(C)Cc3ccccc3F)[nH]c(=O)c12. The number of esters is 1. The quantitative estimate of drug-likeness (QED) is 0.363. The highest BCUT2D eigenvalue weighted by molar-refractivity contribution is 7.99. The summed E-state index contributed by atoms with van der Waals surface area (Å²) in [6.45, 7) is 1.79. The van der Waals surface area contributed by atoms with E-state index in [1.165, 1.54) is 24.1 Å². The van der Waals surface area contributed by atoms with Crippen LogP contribution in [0.15, 0.2) is 40.3 Å². The number of ether oxygens (including phenoxy) is 1. The number of methoxy groups -OCH3 is 1. The third kappa shape index (κ3) is 4.65. The third-order valence-corrected chi connectivity index (χ3v) is 5.17. The van der Waals surface area contributed by atoms with E-state index in [1.807, 2.05) is 0 Å². The first-order chi connectivity index (χ1) is 14.3. The molecule has 0 aliphatic heterocycles. The second-order valence-electron chi connectivity index (χ2n) is 6.50. The van der Waals surface area contributed by atoms with Gasteiger partial charge >= 0.3 is 5.97 Å². The van der Waals surface area contributed by atoms with Gasteiger partial charge in [-0.2, -0.15) is 0 Å². The lowest BCUT2D eigenvalue weighted by molar-refractivity contribution is -0.127. The molecule has 30 heavy (non-hydrogen) atoms. The smallest absolute Gasteiger partial charge is 0.338 e. The van der Waals surface area contributed by atoms with Crippen LogP contribution in [-0.4, -0.2) is 51.6 Å². The topological polar surface area (TPSA) is 105 Å². The number of nitrogens with zero attached hydrogens (tertiary/aromatic N) is 3. The highest BCUT2D eigenvalue weighted by Crippen LogP contribution is 2.19. The summed E-state index contributed by atoms with van der Waals surface area (Å²) < 4.78 is 18.5. The van der Waals surface area contributed by atoms with Gasteiger partial charge in [0.15, 0.2) is 10.8 Å². The van der Waals surface area contributed by atoms with Gasteiger partial charge in [0, 0.05) is 24.8 Å². The number of aromatic nitrogens is 3. The summed E-state index contributed by atoms with van der Waals surface area (Å²) in [5.41, 5.74) is 0.519. The van der Waals surface area contributed by atoms with Crippen molar-refractivity contribution in [2.45, 2.75) is 18.6 Å². The second-order valence-corrected chi connectivity index (χ2v) is 7.47. The summed E-state index contributed by atoms with van der Waals surface area (Å²) in [6, 6.07) is 7.69. The number of H-pyrrole nitrogens is 1. The molecule has 0 atom stereocenters. The lowest BCUT2D eigenvalue weighted by Crippen LogP contribution is -2.28. The predicted molar refractivity (Wildman–Crippen MR) is 110 cm³/mol. The van der Waals surface area contributed by atoms with Gasteiger partial charge in [0.05, 0.1) is 23.8 Å². The Morgan fingerprint density at radius 1 is 1.27 bits per heavy atom. The van der Waals surface area contributed by atoms with E-state index in [0.717, 1.165) is 11.8 Å². The Balaban J connectivity index is 1.78. The van der Waals surface area contributed by atoms with E-state index in [1.54, 1.807) is 32.2 Å². The molecular formula is C20H19FN4O4S. The molecule has 3 rings (SSSR count). The van der Waals surface area contributed by atoms with E-state index < -0.39 is 11.5 Å². The van der Waals surface area contributed by atoms with Crippen molar-refractivity contribution in [1.82, 2.24) is 19.9 Å². The number of hydrogen-bond donors (Lipinski definition) is 1. The molecule has 1 N–H and O–H groups in total. The van der Waals surface area contributed by atoms with Crippen LogP contribution in [0.2, 0.25) is 0 Å². The van der Waals surface area contributed by atoms with E-state index in [2.05, 4.69) is 15.0 Å². The molecule has 0 saturated carbocycles. The molecule has 0 bridgehead atoms. The number of aryl methyl sites for hydroxylation is 1. The van der Waals surface area contributed by atoms with Gasteiger partial charge < -0.3 is 14.6 Å². The second kappa shape index (κ2) is 9.04. The zero-order valence-electron chi connectivity index (χ0n) is 16.6. The molecule has 3 aromatic rings. The van der Waals surface area contributed by atoms with Crippen molar-refractivity contribution in [3.05, 3.63) is 63.3 Å². The molecule has 1 amide bonds. The normalized spacial score (nSPS) is 10.8. The number of amides is 1. The van der Waals surface area contributed by atoms with Crippen LogP contribution in [0.1, 0.15) is 21.6 Å². The summed E-state index contributed by atoms with van der Waals surface area (Å²) in [5, 5.41) is 0.217. The van der Waals surface area contributed by atoms with Crippen molar-refractivity contribution in [3.8, 4) is 0 Å². The van der Waals surface area contributed by atoms with Gasteiger partial charge in [-0.15, -0.1) is 0 Å². The summed E-state index contributed by atoms with van der Waals surface area (Å²) in [5.74, 6) is -1.33. The van der Waals surface area contributed by atoms with E-state index in [-0.39, 0.29) is 45.8 Å². The fourth-order valence-electron chi connectivity index (χ4n) is 2.80. The van der Waals surface area contributed by atoms with Gasteiger partial charge in [-0.05, 0) is 19.1 Å². The maximum atomic E-state index is 13.8. The number of rotatable bonds is 6. The number of thioether (sulfide) groups is 1. The van der Waals surface area contributed by atoms with Crippen LogP contribution in [0.3, 0.4) is 0 Å². The zero-order valence-corrected chi connectivity index (χ0v) is 17.4. The molecule has 10 heteroatoms. The van der Waals surface area contributed by atoms with E-state index in [0.29, 0.717) is 11.3 Å². The predicted octanol–water partition coefficient (Wildman–Crippen LogP) is 2.30. The van der Waals surface area contributed by atoms with Gasteiger partial charge in [0.1, 0.15) is 5.82 Å². The van der Waals surface area contributed by atoms with Crippen molar-refractivity contribution in [3.63, 3.8) is 0 Å². The van der Waals surface area contributed by atoms with Gasteiger partial charge in [0.25, 0.3) is 5.56 Å². The van der Waals surface area contributed by atoms with Gasteiger partial charge in [-0.1, -0.05) is 30.0 Å². The largest absolute Gasteiger partial charge is 0.465 e. The van der Waals surface area contributed by atoms with Crippen molar-refractivity contribution in [2.24, 2.45) is 0 Å². The van der Waals surface area contributed by atoms with Crippen molar-refractivity contribution >= 4 is 34.7 Å². The lowest BCUT2D eigenvalue weighted by atomic mass is 10.1. The molecule has 156 valence electrons. The summed E-state index contributed by atoms with van der Waals surface area (Å²) in [4.78, 5) is 49.3. The van der Waals surface area contributed by atoms with Crippen molar-refractivity contribution < 1.29 is 18.7 Å². The first-order valence-electron chi connectivity index (χ1n) is 8.90. The fraction of sp³-hybridized carbons (Fsp3) is 0.250. The summed E-state index contributed by atoms with van der Waals surface area (Å²) >= 11 is 1.02. The Bertz CT molecular complexity index is 1180. The average molecular weight is 430 g/mol. The maximum Gasteiger partial charge on any atom is 0.338 e. The van der Waals surface area contributed by atoms with Crippen LogP contribution in [-0.2, 0) is 16.1 Å². The average Bonchev–Trinajstić information content (AvgIpc) is 2.72. The number of nitrogens with one attached hydrogen (secondary N) is 1. The fourth-order valence-corrected chi connectivity index (χ4v) is 3.59. The molecule has 8 nitrogen and oxygen atoms in total. The molecule has 0 fully saturated rings. The standard InChI is InChI=1S/C20H19FN4O4S/c1-11-8-13(19(28)29-3)16-17(22-11)23-20(24-18(16)27)30-10-15(26)25(2)9-12-6-4-5-7-14(12)21/h4-8H,9-10H2,1-3H3,(H,22,23,24,27). The number of hydrogen-bond acceptors (Lipinski definition) is 7. The van der Waals surface area contributed by atoms with Gasteiger partial charge in [-0.25, -0.2) is 19.2 Å². The highest BCUT2D eigenvalue weighted by atomic mass is 32.2. The van der Waals surface area contributed by atoms with E-state index >= 15 is 0 Å². The minimum Gasteiger partial charge on any atom is -0.465 e. The number of fused-ring (bicyclic) bond motifs is 1.